The molecule has 2 N–H and O–H groups in total. The lowest BCUT2D eigenvalue weighted by atomic mass is 9.94. The topological polar surface area (TPSA) is 66.4 Å². The molecule has 2 heterocycles. The molecule has 1 atom stereocenters. The quantitative estimate of drug-likeness (QED) is 0.850. The van der Waals surface area contributed by atoms with E-state index in [0.717, 1.165) is 6.54 Å². The summed E-state index contributed by atoms with van der Waals surface area (Å²) < 4.78 is 1.83. The van der Waals surface area contributed by atoms with E-state index in [9.17, 15) is 9.59 Å². The second kappa shape index (κ2) is 7.17. The first kappa shape index (κ1) is 16.1. The fourth-order valence-electron chi connectivity index (χ4n) is 3.59. The van der Waals surface area contributed by atoms with Gasteiger partial charge in [-0.3, -0.25) is 9.59 Å². The van der Waals surface area contributed by atoms with Crippen LogP contribution in [0.4, 0.5) is 0 Å². The van der Waals surface area contributed by atoms with Crippen LogP contribution in [0, 0.1) is 0 Å². The molecule has 1 aliphatic carbocycles. The number of likely N-dealkylation sites (N-methyl/N-ethyl adjacent to an activating group) is 1. The highest BCUT2D eigenvalue weighted by atomic mass is 16.2. The molecular formula is C17H26N4O2. The zero-order valence-electron chi connectivity index (χ0n) is 13.8. The Balaban J connectivity index is 1.44. The molecular weight excluding hydrogens is 292 g/mol. The van der Waals surface area contributed by atoms with E-state index in [-0.39, 0.29) is 11.8 Å². The van der Waals surface area contributed by atoms with Gasteiger partial charge in [-0.25, -0.2) is 0 Å². The summed E-state index contributed by atoms with van der Waals surface area (Å²) in [4.78, 5) is 26.6. The first-order valence-electron chi connectivity index (χ1n) is 8.59. The number of carbonyl (C=O) groups is 2. The van der Waals surface area contributed by atoms with Gasteiger partial charge < -0.3 is 20.1 Å². The molecule has 3 rings (SSSR count). The molecule has 0 bridgehead atoms. The molecule has 6 heteroatoms. The van der Waals surface area contributed by atoms with E-state index in [4.69, 9.17) is 0 Å². The van der Waals surface area contributed by atoms with Gasteiger partial charge in [0.1, 0.15) is 11.7 Å². The van der Waals surface area contributed by atoms with E-state index in [1.165, 1.54) is 32.1 Å². The van der Waals surface area contributed by atoms with Gasteiger partial charge in [-0.15, -0.1) is 0 Å². The van der Waals surface area contributed by atoms with Crippen molar-refractivity contribution in [3.8, 4) is 0 Å². The van der Waals surface area contributed by atoms with Crippen molar-refractivity contribution in [3.63, 3.8) is 0 Å². The molecule has 0 radical (unpaired) electrons. The van der Waals surface area contributed by atoms with Gasteiger partial charge in [-0.05, 0) is 32.0 Å². The van der Waals surface area contributed by atoms with Gasteiger partial charge in [0.25, 0.3) is 5.91 Å². The molecule has 1 aromatic heterocycles. The first-order chi connectivity index (χ1) is 11.1. The van der Waals surface area contributed by atoms with Crippen LogP contribution in [0.3, 0.4) is 0 Å². The molecule has 0 spiro atoms. The van der Waals surface area contributed by atoms with Crippen LogP contribution in [0.25, 0.3) is 0 Å². The van der Waals surface area contributed by atoms with Gasteiger partial charge >= 0.3 is 0 Å². The molecule has 1 fully saturated rings. The molecule has 2 aliphatic rings. The van der Waals surface area contributed by atoms with Gasteiger partial charge in [0.2, 0.25) is 5.91 Å². The summed E-state index contributed by atoms with van der Waals surface area (Å²) in [6.45, 7) is 1.97. The number of nitrogens with zero attached hydrogens (tertiary/aromatic N) is 2. The zero-order valence-corrected chi connectivity index (χ0v) is 13.8. The molecule has 1 aromatic rings. The predicted molar refractivity (Wildman–Crippen MR) is 88.2 cm³/mol. The molecule has 1 saturated carbocycles. The highest BCUT2D eigenvalue weighted by Gasteiger charge is 2.28. The summed E-state index contributed by atoms with van der Waals surface area (Å²) in [5, 5.41) is 5.73. The van der Waals surface area contributed by atoms with Crippen LogP contribution in [0.1, 0.15) is 42.6 Å². The Kier molecular flexibility index (Phi) is 5.00. The molecule has 2 amide bonds. The van der Waals surface area contributed by atoms with Crippen molar-refractivity contribution in [1.82, 2.24) is 20.1 Å². The molecule has 0 aromatic carbocycles. The number of amides is 2. The molecule has 6 nitrogen and oxygen atoms in total. The smallest absolute Gasteiger partial charge is 0.268 e. The van der Waals surface area contributed by atoms with Crippen LogP contribution in [-0.2, 0) is 11.3 Å². The SMILES string of the molecule is CN(CCNC(=O)C1Cn2cccc2C(=O)N1)C1CCCCC1. The van der Waals surface area contributed by atoms with E-state index >= 15 is 0 Å². The fourth-order valence-corrected chi connectivity index (χ4v) is 3.59. The van der Waals surface area contributed by atoms with E-state index < -0.39 is 6.04 Å². The monoisotopic (exact) mass is 318 g/mol. The standard InChI is InChI=1S/C17H26N4O2/c1-20(13-6-3-2-4-7-13)11-9-18-16(22)14-12-21-10-5-8-15(21)17(23)19-14/h5,8,10,13-14H,2-4,6-7,9,11-12H2,1H3,(H,18,22)(H,19,23). The van der Waals surface area contributed by atoms with E-state index in [1.807, 2.05) is 16.8 Å². The lowest BCUT2D eigenvalue weighted by Gasteiger charge is -2.31. The van der Waals surface area contributed by atoms with Gasteiger partial charge in [0.15, 0.2) is 0 Å². The van der Waals surface area contributed by atoms with E-state index in [1.54, 1.807) is 6.07 Å². The minimum absolute atomic E-state index is 0.102. The van der Waals surface area contributed by atoms with Crippen molar-refractivity contribution in [3.05, 3.63) is 24.0 Å². The number of fused-ring (bicyclic) bond motifs is 1. The minimum Gasteiger partial charge on any atom is -0.353 e. The van der Waals surface area contributed by atoms with E-state index in [2.05, 4.69) is 22.6 Å². The maximum absolute atomic E-state index is 12.3. The van der Waals surface area contributed by atoms with Crippen LogP contribution in [0.2, 0.25) is 0 Å². The zero-order chi connectivity index (χ0) is 16.2. The maximum atomic E-state index is 12.3. The summed E-state index contributed by atoms with van der Waals surface area (Å²) in [5.74, 6) is -0.282. The Hall–Kier alpha value is -1.82. The number of carbonyl (C=O) groups excluding carboxylic acids is 2. The largest absolute Gasteiger partial charge is 0.353 e. The van der Waals surface area contributed by atoms with Crippen LogP contribution < -0.4 is 10.6 Å². The minimum atomic E-state index is -0.484. The Labute approximate surface area is 137 Å². The van der Waals surface area contributed by atoms with Crippen LogP contribution in [0.15, 0.2) is 18.3 Å². The van der Waals surface area contributed by atoms with Crippen molar-refractivity contribution in [2.45, 2.75) is 50.7 Å². The summed E-state index contributed by atoms with van der Waals surface area (Å²) in [6, 6.07) is 3.76. The van der Waals surface area contributed by atoms with Crippen molar-refractivity contribution >= 4 is 11.8 Å². The van der Waals surface area contributed by atoms with Gasteiger partial charge in [-0.1, -0.05) is 19.3 Å². The molecule has 1 aliphatic heterocycles. The second-order valence-electron chi connectivity index (χ2n) is 6.64. The second-order valence-corrected chi connectivity index (χ2v) is 6.64. The molecule has 23 heavy (non-hydrogen) atoms. The number of nitrogens with one attached hydrogen (secondary N) is 2. The number of hydrogen-bond donors (Lipinski definition) is 2. The number of hydrogen-bond acceptors (Lipinski definition) is 3. The maximum Gasteiger partial charge on any atom is 0.268 e. The Bertz CT molecular complexity index is 563. The van der Waals surface area contributed by atoms with Crippen molar-refractivity contribution in [2.24, 2.45) is 0 Å². The van der Waals surface area contributed by atoms with E-state index in [0.29, 0.717) is 24.8 Å². The van der Waals surface area contributed by atoms with Gasteiger partial charge in [0, 0.05) is 25.3 Å². The Morgan fingerprint density at radius 3 is 2.96 bits per heavy atom. The van der Waals surface area contributed by atoms with Crippen LogP contribution in [-0.4, -0.2) is 53.5 Å². The Morgan fingerprint density at radius 2 is 2.17 bits per heavy atom. The number of aromatic nitrogens is 1. The average Bonchev–Trinajstić information content (AvgIpc) is 3.04. The van der Waals surface area contributed by atoms with Crippen molar-refractivity contribution in [2.75, 3.05) is 20.1 Å². The normalized spacial score (nSPS) is 21.8. The average molecular weight is 318 g/mol. The Morgan fingerprint density at radius 1 is 1.39 bits per heavy atom. The molecule has 0 saturated heterocycles. The summed E-state index contributed by atoms with van der Waals surface area (Å²) in [5.41, 5.74) is 0.617. The highest BCUT2D eigenvalue weighted by Crippen LogP contribution is 2.21. The summed E-state index contributed by atoms with van der Waals surface area (Å²) in [7, 11) is 2.14. The highest BCUT2D eigenvalue weighted by molar-refractivity contribution is 5.97. The van der Waals surface area contributed by atoms with Gasteiger partial charge in [-0.2, -0.15) is 0 Å². The van der Waals surface area contributed by atoms with Crippen molar-refractivity contribution in [1.29, 1.82) is 0 Å². The van der Waals surface area contributed by atoms with Crippen LogP contribution in [0.5, 0.6) is 0 Å². The molecule has 126 valence electrons. The third-order valence-corrected chi connectivity index (χ3v) is 5.03. The van der Waals surface area contributed by atoms with Gasteiger partial charge in [0.05, 0.1) is 6.54 Å². The lowest BCUT2D eigenvalue weighted by molar-refractivity contribution is -0.123. The summed E-state index contributed by atoms with van der Waals surface area (Å²) in [6.07, 6.45) is 8.34. The predicted octanol–water partition coefficient (Wildman–Crippen LogP) is 0.981. The fraction of sp³-hybridized carbons (Fsp3) is 0.647. The lowest BCUT2D eigenvalue weighted by Crippen LogP contribution is -2.53. The first-order valence-corrected chi connectivity index (χ1v) is 8.59. The molecule has 1 unspecified atom stereocenters. The number of rotatable bonds is 5. The third kappa shape index (κ3) is 3.75. The third-order valence-electron chi connectivity index (χ3n) is 5.03. The van der Waals surface area contributed by atoms with Crippen molar-refractivity contribution < 1.29 is 9.59 Å². The van der Waals surface area contributed by atoms with Crippen LogP contribution >= 0.6 is 0 Å². The summed E-state index contributed by atoms with van der Waals surface area (Å²) >= 11 is 0.